The van der Waals surface area contributed by atoms with Gasteiger partial charge in [0.25, 0.3) is 0 Å². The molecular formula is C16H9ClF3NO2S. The third-order valence-corrected chi connectivity index (χ3v) is 4.88. The van der Waals surface area contributed by atoms with Gasteiger partial charge in [0.15, 0.2) is 11.6 Å². The number of thiophene rings is 1. The minimum Gasteiger partial charge on any atom is -0.477 e. The number of aromatic nitrogens is 1. The minimum atomic E-state index is -1.31. The lowest BCUT2D eigenvalue weighted by Crippen LogP contribution is -2.03. The molecule has 0 aliphatic heterocycles. The van der Waals surface area contributed by atoms with Crippen molar-refractivity contribution >= 4 is 39.1 Å². The van der Waals surface area contributed by atoms with Gasteiger partial charge in [-0.15, -0.1) is 11.3 Å². The average molecular weight is 372 g/mol. The molecule has 0 unspecified atom stereocenters. The fourth-order valence-electron chi connectivity index (χ4n) is 2.50. The van der Waals surface area contributed by atoms with Gasteiger partial charge >= 0.3 is 5.97 Å². The zero-order chi connectivity index (χ0) is 17.6. The van der Waals surface area contributed by atoms with Gasteiger partial charge < -0.3 is 5.11 Å². The minimum absolute atomic E-state index is 0.0772. The first-order chi connectivity index (χ1) is 11.3. The van der Waals surface area contributed by atoms with Gasteiger partial charge in [-0.2, -0.15) is 0 Å². The van der Waals surface area contributed by atoms with Crippen LogP contribution < -0.4 is 0 Å². The summed E-state index contributed by atoms with van der Waals surface area (Å²) >= 11 is 6.69. The van der Waals surface area contributed by atoms with Crippen molar-refractivity contribution in [2.45, 2.75) is 13.3 Å². The molecule has 0 fully saturated rings. The van der Waals surface area contributed by atoms with Gasteiger partial charge in [0.05, 0.1) is 15.2 Å². The van der Waals surface area contributed by atoms with Gasteiger partial charge in [0.1, 0.15) is 10.7 Å². The maximum absolute atomic E-state index is 14.7. The topological polar surface area (TPSA) is 50.2 Å². The first-order valence-corrected chi connectivity index (χ1v) is 8.02. The highest BCUT2D eigenvalue weighted by molar-refractivity contribution is 7.21. The van der Waals surface area contributed by atoms with Crippen LogP contribution in [0.25, 0.3) is 21.3 Å². The van der Waals surface area contributed by atoms with Crippen LogP contribution in [0.2, 0.25) is 5.02 Å². The molecule has 3 rings (SSSR count). The lowest BCUT2D eigenvalue weighted by atomic mass is 9.99. The third-order valence-electron chi connectivity index (χ3n) is 3.56. The van der Waals surface area contributed by atoms with Gasteiger partial charge in [0, 0.05) is 22.9 Å². The maximum Gasteiger partial charge on any atom is 0.346 e. The number of rotatable bonds is 3. The van der Waals surface area contributed by atoms with Crippen molar-refractivity contribution in [2.75, 3.05) is 0 Å². The van der Waals surface area contributed by atoms with E-state index >= 15 is 0 Å². The number of carbonyl (C=O) groups is 1. The molecule has 0 bridgehead atoms. The third kappa shape index (κ3) is 2.53. The highest BCUT2D eigenvalue weighted by Crippen LogP contribution is 2.41. The van der Waals surface area contributed by atoms with Crippen LogP contribution in [0.15, 0.2) is 18.3 Å². The fraction of sp³-hybridized carbons (Fsp3) is 0.125. The van der Waals surface area contributed by atoms with Crippen molar-refractivity contribution < 1.29 is 23.1 Å². The molecule has 0 radical (unpaired) electrons. The van der Waals surface area contributed by atoms with Crippen LogP contribution in [0.1, 0.15) is 22.2 Å². The summed E-state index contributed by atoms with van der Waals surface area (Å²) < 4.78 is 42.7. The number of aromatic carboxylic acids is 1. The monoisotopic (exact) mass is 371 g/mol. The smallest absolute Gasteiger partial charge is 0.346 e. The van der Waals surface area contributed by atoms with E-state index in [2.05, 4.69) is 4.98 Å². The summed E-state index contributed by atoms with van der Waals surface area (Å²) in [6, 6.07) is 2.15. The SMILES string of the molecule is CCc1c(F)c(F)cc(-c2c(C(=O)O)sc3cc(Cl)cnc23)c1F. The van der Waals surface area contributed by atoms with E-state index in [9.17, 15) is 23.1 Å². The molecule has 24 heavy (non-hydrogen) atoms. The van der Waals surface area contributed by atoms with Crippen molar-refractivity contribution in [3.63, 3.8) is 0 Å². The first kappa shape index (κ1) is 16.7. The number of nitrogens with zero attached hydrogens (tertiary/aromatic N) is 1. The van der Waals surface area contributed by atoms with E-state index in [1.54, 1.807) is 0 Å². The zero-order valence-corrected chi connectivity index (χ0v) is 13.7. The van der Waals surface area contributed by atoms with E-state index in [0.717, 1.165) is 11.3 Å². The van der Waals surface area contributed by atoms with E-state index in [-0.39, 0.29) is 33.0 Å². The van der Waals surface area contributed by atoms with E-state index in [0.29, 0.717) is 10.8 Å². The zero-order valence-electron chi connectivity index (χ0n) is 12.2. The fourth-order valence-corrected chi connectivity index (χ4v) is 3.78. The van der Waals surface area contributed by atoms with Crippen LogP contribution in [-0.4, -0.2) is 16.1 Å². The lowest BCUT2D eigenvalue weighted by molar-refractivity contribution is 0.0703. The Morgan fingerprint density at radius 2 is 2.00 bits per heavy atom. The number of benzene rings is 1. The summed E-state index contributed by atoms with van der Waals surface area (Å²) in [5, 5.41) is 9.68. The van der Waals surface area contributed by atoms with Gasteiger partial charge in [-0.1, -0.05) is 18.5 Å². The summed E-state index contributed by atoms with van der Waals surface area (Å²) in [7, 11) is 0. The van der Waals surface area contributed by atoms with Gasteiger partial charge in [0.2, 0.25) is 0 Å². The lowest BCUT2D eigenvalue weighted by Gasteiger charge is -2.10. The van der Waals surface area contributed by atoms with E-state index in [1.807, 2.05) is 0 Å². The van der Waals surface area contributed by atoms with Gasteiger partial charge in [-0.3, -0.25) is 4.98 Å². The number of carboxylic acid groups (broad SMARTS) is 1. The summed E-state index contributed by atoms with van der Waals surface area (Å²) in [4.78, 5) is 15.4. The molecule has 2 heterocycles. The van der Waals surface area contributed by atoms with Crippen LogP contribution in [0, 0.1) is 17.5 Å². The molecule has 1 aromatic carbocycles. The quantitative estimate of drug-likeness (QED) is 0.636. The van der Waals surface area contributed by atoms with Crippen molar-refractivity contribution in [3.8, 4) is 11.1 Å². The molecule has 0 amide bonds. The molecule has 2 aromatic heterocycles. The Kier molecular flexibility index (Phi) is 4.23. The molecule has 0 saturated heterocycles. The molecule has 3 nitrogen and oxygen atoms in total. The Balaban J connectivity index is 2.44. The number of hydrogen-bond donors (Lipinski definition) is 1. The number of pyridine rings is 1. The Bertz CT molecular complexity index is 987. The van der Waals surface area contributed by atoms with Crippen LogP contribution >= 0.6 is 22.9 Å². The largest absolute Gasteiger partial charge is 0.477 e. The van der Waals surface area contributed by atoms with Crippen molar-refractivity contribution in [3.05, 3.63) is 51.2 Å². The molecule has 124 valence electrons. The van der Waals surface area contributed by atoms with Crippen LogP contribution in [0.3, 0.4) is 0 Å². The molecular weight excluding hydrogens is 363 g/mol. The average Bonchev–Trinajstić information content (AvgIpc) is 2.90. The van der Waals surface area contributed by atoms with Crippen molar-refractivity contribution in [1.82, 2.24) is 4.98 Å². The standard InChI is InChI=1S/C16H9ClF3NO2S/c1-2-7-12(19)8(4-9(18)13(7)20)11-14-10(3-6(17)5-21-14)24-15(11)16(22)23/h3-5H,2H2,1H3,(H,22,23). The predicted octanol–water partition coefficient (Wildman–Crippen LogP) is 5.29. The number of hydrogen-bond acceptors (Lipinski definition) is 3. The Morgan fingerprint density at radius 3 is 2.62 bits per heavy atom. The van der Waals surface area contributed by atoms with Crippen LogP contribution in [0.4, 0.5) is 13.2 Å². The van der Waals surface area contributed by atoms with E-state index in [4.69, 9.17) is 11.6 Å². The summed E-state index contributed by atoms with van der Waals surface area (Å²) in [6.07, 6.45) is 1.20. The second-order valence-corrected chi connectivity index (χ2v) is 6.47. The van der Waals surface area contributed by atoms with E-state index in [1.165, 1.54) is 19.2 Å². The molecule has 0 aliphatic carbocycles. The Hall–Kier alpha value is -2.12. The second-order valence-electron chi connectivity index (χ2n) is 4.98. The van der Waals surface area contributed by atoms with Crippen LogP contribution in [0.5, 0.6) is 0 Å². The van der Waals surface area contributed by atoms with Crippen LogP contribution in [-0.2, 0) is 6.42 Å². The Labute approximate surface area is 143 Å². The molecule has 0 saturated carbocycles. The molecule has 0 aliphatic rings. The van der Waals surface area contributed by atoms with Crippen molar-refractivity contribution in [2.24, 2.45) is 0 Å². The maximum atomic E-state index is 14.7. The van der Waals surface area contributed by atoms with Gasteiger partial charge in [-0.05, 0) is 18.6 Å². The highest BCUT2D eigenvalue weighted by Gasteiger charge is 2.26. The Morgan fingerprint density at radius 1 is 1.29 bits per heavy atom. The molecule has 8 heteroatoms. The summed E-state index contributed by atoms with van der Waals surface area (Å²) in [5.41, 5.74) is -0.669. The predicted molar refractivity (Wildman–Crippen MR) is 86.3 cm³/mol. The normalized spacial score (nSPS) is 11.2. The number of fused-ring (bicyclic) bond motifs is 1. The number of carboxylic acids is 1. The highest BCUT2D eigenvalue weighted by atomic mass is 35.5. The van der Waals surface area contributed by atoms with E-state index < -0.39 is 29.0 Å². The molecule has 0 spiro atoms. The summed E-state index contributed by atoms with van der Waals surface area (Å²) in [6.45, 7) is 1.48. The molecule has 3 aromatic rings. The second kappa shape index (κ2) is 6.07. The molecule has 0 atom stereocenters. The first-order valence-electron chi connectivity index (χ1n) is 6.83. The summed E-state index contributed by atoms with van der Waals surface area (Å²) in [5.74, 6) is -4.82. The molecule has 1 N–H and O–H groups in total. The number of halogens is 4. The van der Waals surface area contributed by atoms with Gasteiger partial charge in [-0.25, -0.2) is 18.0 Å². The van der Waals surface area contributed by atoms with Crippen molar-refractivity contribution in [1.29, 1.82) is 0 Å².